The van der Waals surface area contributed by atoms with Crippen LogP contribution in [0.15, 0.2) is 23.1 Å². The molecule has 1 heterocycles. The molecule has 1 aromatic rings. The molecule has 0 spiro atoms. The summed E-state index contributed by atoms with van der Waals surface area (Å²) in [7, 11) is 0. The van der Waals surface area contributed by atoms with E-state index in [4.69, 9.17) is 11.8 Å². The van der Waals surface area contributed by atoms with Crippen LogP contribution in [0, 0.1) is 0 Å². The minimum absolute atomic E-state index is 0.472. The lowest BCUT2D eigenvalue weighted by atomic mass is 10.1. The topological polar surface area (TPSA) is 3.24 Å². The summed E-state index contributed by atoms with van der Waals surface area (Å²) in [4.78, 5) is 0.579. The predicted octanol–water partition coefficient (Wildman–Crippen LogP) is 3.68. The van der Waals surface area contributed by atoms with E-state index in [1.807, 2.05) is 0 Å². The molecule has 0 atom stereocenters. The average Bonchev–Trinajstić information content (AvgIpc) is 2.41. The molecule has 0 saturated carbocycles. The van der Waals surface area contributed by atoms with Gasteiger partial charge in [-0.25, -0.2) is 0 Å². The van der Waals surface area contributed by atoms with Crippen molar-refractivity contribution in [1.29, 1.82) is 0 Å². The van der Waals surface area contributed by atoms with Gasteiger partial charge in [0.1, 0.15) is 0 Å². The van der Waals surface area contributed by atoms with Crippen molar-refractivity contribution >= 4 is 23.7 Å². The van der Waals surface area contributed by atoms with Crippen molar-refractivity contribution < 1.29 is 13.2 Å². The van der Waals surface area contributed by atoms with Crippen molar-refractivity contribution in [1.82, 2.24) is 3.82 Å². The Bertz CT molecular complexity index is 366. The summed E-state index contributed by atoms with van der Waals surface area (Å²) in [6.07, 6.45) is -4.28. The fourth-order valence-electron chi connectivity index (χ4n) is 1.22. The van der Waals surface area contributed by atoms with Gasteiger partial charge in [-0.15, -0.1) is 0 Å². The molecule has 1 aliphatic rings. The molecule has 0 radical (unpaired) electrons. The van der Waals surface area contributed by atoms with E-state index < -0.39 is 11.7 Å². The highest BCUT2D eigenvalue weighted by atomic mass is 35.5. The minimum atomic E-state index is -4.28. The quantitative estimate of drug-likeness (QED) is 0.502. The number of halogens is 4. The molecule has 0 fully saturated rings. The van der Waals surface area contributed by atoms with Gasteiger partial charge in [-0.1, -0.05) is 6.07 Å². The summed E-state index contributed by atoms with van der Waals surface area (Å²) in [5.74, 6) is 0. The maximum Gasteiger partial charge on any atom is 0.416 e. The normalized spacial score (nSPS) is 17.1. The number of benzene rings is 1. The van der Waals surface area contributed by atoms with Crippen molar-refractivity contribution in [2.45, 2.75) is 17.6 Å². The molecule has 2 rings (SSSR count). The molecule has 6 heteroatoms. The lowest BCUT2D eigenvalue weighted by molar-refractivity contribution is -0.137. The third-order valence-corrected chi connectivity index (χ3v) is 3.12. The van der Waals surface area contributed by atoms with E-state index in [1.54, 1.807) is 0 Å². The Labute approximate surface area is 88.1 Å². The first-order valence-electron chi connectivity index (χ1n) is 3.78. The number of nitrogens with zero attached hydrogens (tertiary/aromatic N) is 1. The molecule has 0 saturated heterocycles. The predicted molar refractivity (Wildman–Crippen MR) is 48.7 cm³/mol. The highest BCUT2D eigenvalue weighted by Gasteiger charge is 2.32. The largest absolute Gasteiger partial charge is 0.416 e. The Hall–Kier alpha value is -0.390. The Kier molecular flexibility index (Phi) is 2.41. The van der Waals surface area contributed by atoms with Gasteiger partial charge in [-0.2, -0.15) is 17.0 Å². The molecule has 1 aromatic carbocycles. The number of alkyl halides is 3. The molecule has 0 bridgehead atoms. The third kappa shape index (κ3) is 1.85. The highest BCUT2D eigenvalue weighted by Crippen LogP contribution is 2.40. The van der Waals surface area contributed by atoms with E-state index in [0.29, 0.717) is 11.4 Å². The third-order valence-electron chi connectivity index (χ3n) is 1.89. The van der Waals surface area contributed by atoms with Gasteiger partial charge in [0, 0.05) is 4.90 Å². The van der Waals surface area contributed by atoms with E-state index in [-0.39, 0.29) is 0 Å². The number of hydrogen-bond donors (Lipinski definition) is 0. The van der Waals surface area contributed by atoms with Crippen LogP contribution in [0.2, 0.25) is 0 Å². The zero-order valence-corrected chi connectivity index (χ0v) is 8.38. The van der Waals surface area contributed by atoms with Gasteiger partial charge in [0.15, 0.2) is 0 Å². The molecule has 0 amide bonds. The van der Waals surface area contributed by atoms with Crippen LogP contribution >= 0.6 is 23.7 Å². The van der Waals surface area contributed by atoms with Crippen molar-refractivity contribution in [3.05, 3.63) is 29.3 Å². The fourth-order valence-corrected chi connectivity index (χ4v) is 2.42. The first-order chi connectivity index (χ1) is 6.47. The SMILES string of the molecule is FC(F)(F)c1ccc2c(c1)SN(Cl)C2. The van der Waals surface area contributed by atoms with Crippen LogP contribution in [0.3, 0.4) is 0 Å². The monoisotopic (exact) mass is 239 g/mol. The lowest BCUT2D eigenvalue weighted by Gasteiger charge is -2.07. The number of hydrogen-bond acceptors (Lipinski definition) is 2. The summed E-state index contributed by atoms with van der Waals surface area (Å²) in [5, 5.41) is 0. The van der Waals surface area contributed by atoms with Gasteiger partial charge < -0.3 is 0 Å². The van der Waals surface area contributed by atoms with Gasteiger partial charge >= 0.3 is 6.18 Å². The molecular formula is C8H5ClF3NS. The first kappa shape index (κ1) is 10.1. The van der Waals surface area contributed by atoms with Crippen LogP contribution < -0.4 is 0 Å². The Balaban J connectivity index is 2.38. The number of rotatable bonds is 0. The average molecular weight is 240 g/mol. The van der Waals surface area contributed by atoms with E-state index in [9.17, 15) is 13.2 Å². The lowest BCUT2D eigenvalue weighted by Crippen LogP contribution is -2.04. The summed E-state index contributed by atoms with van der Waals surface area (Å²) < 4.78 is 38.3. The van der Waals surface area contributed by atoms with E-state index in [2.05, 4.69) is 0 Å². The first-order valence-corrected chi connectivity index (χ1v) is 4.89. The molecule has 1 aliphatic heterocycles. The van der Waals surface area contributed by atoms with Crippen LogP contribution in [0.25, 0.3) is 0 Å². The molecular weight excluding hydrogens is 235 g/mol. The molecule has 1 nitrogen and oxygen atoms in total. The standard InChI is InChI=1S/C8H5ClF3NS/c9-13-4-5-1-2-6(8(10,11)12)3-7(5)14-13/h1-3H,4H2. The van der Waals surface area contributed by atoms with Crippen LogP contribution in [-0.2, 0) is 12.7 Å². The van der Waals surface area contributed by atoms with Gasteiger partial charge in [0.25, 0.3) is 0 Å². The van der Waals surface area contributed by atoms with Gasteiger partial charge in [-0.05, 0) is 41.4 Å². The summed E-state index contributed by atoms with van der Waals surface area (Å²) in [6, 6.07) is 3.67. The second-order valence-electron chi connectivity index (χ2n) is 2.89. The zero-order chi connectivity index (χ0) is 10.3. The molecule has 0 aliphatic carbocycles. The summed E-state index contributed by atoms with van der Waals surface area (Å²) >= 11 is 6.78. The van der Waals surface area contributed by atoms with Crippen molar-refractivity contribution in [3.8, 4) is 0 Å². The van der Waals surface area contributed by atoms with Crippen molar-refractivity contribution in [2.24, 2.45) is 0 Å². The summed E-state index contributed by atoms with van der Waals surface area (Å²) in [6.45, 7) is 0.472. The van der Waals surface area contributed by atoms with E-state index in [0.717, 1.165) is 29.6 Å². The molecule has 0 aromatic heterocycles. The second kappa shape index (κ2) is 3.32. The van der Waals surface area contributed by atoms with E-state index in [1.165, 1.54) is 9.89 Å². The summed E-state index contributed by atoms with van der Waals surface area (Å²) in [5.41, 5.74) is 0.203. The minimum Gasteiger partial charge on any atom is -0.166 e. The Morgan fingerprint density at radius 1 is 1.36 bits per heavy atom. The fraction of sp³-hybridized carbons (Fsp3) is 0.250. The Morgan fingerprint density at radius 2 is 2.07 bits per heavy atom. The van der Waals surface area contributed by atoms with Crippen LogP contribution in [0.4, 0.5) is 13.2 Å². The van der Waals surface area contributed by atoms with Crippen LogP contribution in [0.1, 0.15) is 11.1 Å². The van der Waals surface area contributed by atoms with Crippen LogP contribution in [0.5, 0.6) is 0 Å². The van der Waals surface area contributed by atoms with Crippen molar-refractivity contribution in [3.63, 3.8) is 0 Å². The van der Waals surface area contributed by atoms with Gasteiger partial charge in [0.2, 0.25) is 0 Å². The molecule has 0 unspecified atom stereocenters. The van der Waals surface area contributed by atoms with Crippen molar-refractivity contribution in [2.75, 3.05) is 0 Å². The van der Waals surface area contributed by atoms with E-state index >= 15 is 0 Å². The van der Waals surface area contributed by atoms with Crippen LogP contribution in [-0.4, -0.2) is 3.82 Å². The number of fused-ring (bicyclic) bond motifs is 1. The molecule has 14 heavy (non-hydrogen) atoms. The molecule has 76 valence electrons. The molecule has 0 N–H and O–H groups in total. The zero-order valence-electron chi connectivity index (χ0n) is 6.81. The van der Waals surface area contributed by atoms with Gasteiger partial charge in [-0.3, -0.25) is 0 Å². The van der Waals surface area contributed by atoms with Gasteiger partial charge in [0.05, 0.1) is 12.1 Å². The maximum atomic E-state index is 12.3. The Morgan fingerprint density at radius 3 is 2.71 bits per heavy atom. The maximum absolute atomic E-state index is 12.3. The highest BCUT2D eigenvalue weighted by molar-refractivity contribution is 7.98. The smallest absolute Gasteiger partial charge is 0.166 e. The second-order valence-corrected chi connectivity index (χ2v) is 4.56.